The summed E-state index contributed by atoms with van der Waals surface area (Å²) >= 11 is 0. The van der Waals surface area contributed by atoms with Crippen LogP contribution >= 0.6 is 0 Å². The molecule has 1 N–H and O–H groups in total. The fraction of sp³-hybridized carbons (Fsp3) is 0.385. The topological polar surface area (TPSA) is 89.3 Å². The average molecular weight is 314 g/mol. The maximum atomic E-state index is 13.7. The molecule has 1 aromatic carbocycles. The Hall–Kier alpha value is -1.80. The standard InChI is InChI=1S/C13H15FN2O4S/c1-8-7-11(14)12(16(17)18)9(2)13(8)21(19,20)15-10-5-3-4-6-10/h3-4,7,10,15H,5-6H2,1-2H3. The highest BCUT2D eigenvalue weighted by atomic mass is 32.2. The molecule has 0 fully saturated rings. The molecule has 1 aliphatic carbocycles. The minimum atomic E-state index is -3.94. The van der Waals surface area contributed by atoms with Crippen molar-refractivity contribution < 1.29 is 17.7 Å². The Morgan fingerprint density at radius 2 is 1.90 bits per heavy atom. The van der Waals surface area contributed by atoms with Gasteiger partial charge in [-0.15, -0.1) is 0 Å². The first-order chi connectivity index (χ1) is 9.74. The molecule has 0 saturated carbocycles. The lowest BCUT2D eigenvalue weighted by atomic mass is 10.1. The number of sulfonamides is 1. The number of benzene rings is 1. The summed E-state index contributed by atoms with van der Waals surface area (Å²) < 4.78 is 41.0. The van der Waals surface area contributed by atoms with Gasteiger partial charge in [0.25, 0.3) is 0 Å². The number of nitro groups is 1. The van der Waals surface area contributed by atoms with Crippen molar-refractivity contribution in [3.05, 3.63) is 45.3 Å². The van der Waals surface area contributed by atoms with Crippen molar-refractivity contribution >= 4 is 15.7 Å². The Labute approximate surface area is 121 Å². The average Bonchev–Trinajstić information content (AvgIpc) is 2.78. The van der Waals surface area contributed by atoms with Gasteiger partial charge in [0.15, 0.2) is 0 Å². The zero-order valence-corrected chi connectivity index (χ0v) is 12.4. The van der Waals surface area contributed by atoms with E-state index in [1.165, 1.54) is 13.8 Å². The van der Waals surface area contributed by atoms with Crippen LogP contribution in [0.15, 0.2) is 23.1 Å². The molecule has 0 radical (unpaired) electrons. The molecule has 0 spiro atoms. The third kappa shape index (κ3) is 2.96. The molecule has 2 rings (SSSR count). The van der Waals surface area contributed by atoms with Gasteiger partial charge in [-0.2, -0.15) is 4.39 Å². The highest BCUT2D eigenvalue weighted by Crippen LogP contribution is 2.31. The van der Waals surface area contributed by atoms with Crippen LogP contribution in [0.25, 0.3) is 0 Å². The number of nitrogens with zero attached hydrogens (tertiary/aromatic N) is 1. The van der Waals surface area contributed by atoms with Crippen LogP contribution in [0.2, 0.25) is 0 Å². The van der Waals surface area contributed by atoms with Crippen molar-refractivity contribution in [2.45, 2.75) is 37.6 Å². The first-order valence-corrected chi connectivity index (χ1v) is 7.83. The van der Waals surface area contributed by atoms with Crippen molar-refractivity contribution in [2.24, 2.45) is 0 Å². The summed E-state index contributed by atoms with van der Waals surface area (Å²) in [6, 6.07) is 0.616. The number of hydrogen-bond acceptors (Lipinski definition) is 4. The Bertz CT molecular complexity index is 720. The normalized spacial score (nSPS) is 15.6. The van der Waals surface area contributed by atoms with Gasteiger partial charge in [-0.3, -0.25) is 10.1 Å². The Morgan fingerprint density at radius 3 is 2.43 bits per heavy atom. The molecule has 0 atom stereocenters. The lowest BCUT2D eigenvalue weighted by molar-refractivity contribution is -0.388. The van der Waals surface area contributed by atoms with Crippen molar-refractivity contribution in [2.75, 3.05) is 0 Å². The van der Waals surface area contributed by atoms with E-state index in [1.807, 2.05) is 12.2 Å². The van der Waals surface area contributed by atoms with Crippen LogP contribution in [-0.4, -0.2) is 19.4 Å². The van der Waals surface area contributed by atoms with Crippen LogP contribution in [0.4, 0.5) is 10.1 Å². The maximum absolute atomic E-state index is 13.7. The smallest absolute Gasteiger partial charge is 0.258 e. The molecule has 6 nitrogen and oxygen atoms in total. The number of hydrogen-bond donors (Lipinski definition) is 1. The SMILES string of the molecule is Cc1cc(F)c([N+](=O)[O-])c(C)c1S(=O)(=O)NC1CC=CC1. The summed E-state index contributed by atoms with van der Waals surface area (Å²) in [5.74, 6) is -1.03. The summed E-state index contributed by atoms with van der Waals surface area (Å²) in [5.41, 5.74) is -0.837. The van der Waals surface area contributed by atoms with Gasteiger partial charge in [-0.1, -0.05) is 12.2 Å². The summed E-state index contributed by atoms with van der Waals surface area (Å²) in [6.45, 7) is 2.66. The van der Waals surface area contributed by atoms with E-state index < -0.39 is 26.5 Å². The molecule has 1 aromatic rings. The van der Waals surface area contributed by atoms with Gasteiger partial charge in [0.05, 0.1) is 15.4 Å². The van der Waals surface area contributed by atoms with E-state index in [1.54, 1.807) is 0 Å². The number of nitrogens with one attached hydrogen (secondary N) is 1. The second-order valence-corrected chi connectivity index (χ2v) is 6.65. The molecule has 0 aliphatic heterocycles. The molecule has 1 aliphatic rings. The van der Waals surface area contributed by atoms with Gasteiger partial charge in [-0.05, 0) is 38.3 Å². The van der Waals surface area contributed by atoms with Crippen molar-refractivity contribution in [3.8, 4) is 0 Å². The second kappa shape index (κ2) is 5.53. The van der Waals surface area contributed by atoms with E-state index in [0.717, 1.165) is 6.07 Å². The molecule has 0 heterocycles. The van der Waals surface area contributed by atoms with E-state index in [-0.39, 0.29) is 22.1 Å². The van der Waals surface area contributed by atoms with E-state index in [9.17, 15) is 22.9 Å². The molecule has 0 aromatic heterocycles. The first-order valence-electron chi connectivity index (χ1n) is 6.35. The molecular weight excluding hydrogens is 299 g/mol. The number of halogens is 1. The third-order valence-electron chi connectivity index (χ3n) is 3.40. The minimum absolute atomic E-state index is 0.147. The van der Waals surface area contributed by atoms with E-state index in [0.29, 0.717) is 12.8 Å². The third-order valence-corrected chi connectivity index (χ3v) is 5.21. The first kappa shape index (κ1) is 15.6. The fourth-order valence-corrected chi connectivity index (χ4v) is 4.27. The predicted octanol–water partition coefficient (Wildman–Crippen LogP) is 2.35. The van der Waals surface area contributed by atoms with Gasteiger partial charge in [0.1, 0.15) is 0 Å². The summed E-state index contributed by atoms with van der Waals surface area (Å²) in [6.07, 6.45) is 4.86. The van der Waals surface area contributed by atoms with Crippen LogP contribution in [0, 0.1) is 29.8 Å². The Kier molecular flexibility index (Phi) is 4.11. The van der Waals surface area contributed by atoms with Gasteiger partial charge < -0.3 is 0 Å². The summed E-state index contributed by atoms with van der Waals surface area (Å²) in [7, 11) is -3.94. The van der Waals surface area contributed by atoms with Crippen LogP contribution in [0.1, 0.15) is 24.0 Å². The van der Waals surface area contributed by atoms with Crippen molar-refractivity contribution in [1.82, 2.24) is 4.72 Å². The molecule has 114 valence electrons. The number of rotatable bonds is 4. The molecular formula is C13H15FN2O4S. The van der Waals surface area contributed by atoms with E-state index in [4.69, 9.17) is 0 Å². The lowest BCUT2D eigenvalue weighted by Gasteiger charge is -2.16. The number of nitro benzene ring substituents is 1. The number of aryl methyl sites for hydroxylation is 1. The van der Waals surface area contributed by atoms with E-state index >= 15 is 0 Å². The van der Waals surface area contributed by atoms with Gasteiger partial charge in [0.2, 0.25) is 15.8 Å². The van der Waals surface area contributed by atoms with Crippen molar-refractivity contribution in [1.29, 1.82) is 0 Å². The summed E-state index contributed by atoms with van der Waals surface area (Å²) in [4.78, 5) is 9.80. The quantitative estimate of drug-likeness (QED) is 0.525. The largest absolute Gasteiger partial charge is 0.309 e. The Morgan fingerprint density at radius 1 is 1.33 bits per heavy atom. The molecule has 0 amide bonds. The zero-order valence-electron chi connectivity index (χ0n) is 11.6. The molecule has 8 heteroatoms. The van der Waals surface area contributed by atoms with Gasteiger partial charge >= 0.3 is 5.69 Å². The fourth-order valence-electron chi connectivity index (χ4n) is 2.54. The predicted molar refractivity (Wildman–Crippen MR) is 75.0 cm³/mol. The van der Waals surface area contributed by atoms with Crippen LogP contribution in [0.3, 0.4) is 0 Å². The molecule has 21 heavy (non-hydrogen) atoms. The molecule has 0 bridgehead atoms. The molecule has 0 saturated heterocycles. The van der Waals surface area contributed by atoms with E-state index in [2.05, 4.69) is 4.72 Å². The van der Waals surface area contributed by atoms with Gasteiger partial charge in [0, 0.05) is 6.04 Å². The Balaban J connectivity index is 2.52. The van der Waals surface area contributed by atoms with Gasteiger partial charge in [-0.25, -0.2) is 13.1 Å². The zero-order chi connectivity index (χ0) is 15.8. The maximum Gasteiger partial charge on any atom is 0.309 e. The van der Waals surface area contributed by atoms with Crippen LogP contribution in [-0.2, 0) is 10.0 Å². The lowest BCUT2D eigenvalue weighted by Crippen LogP contribution is -2.34. The van der Waals surface area contributed by atoms with Crippen molar-refractivity contribution in [3.63, 3.8) is 0 Å². The minimum Gasteiger partial charge on any atom is -0.258 e. The van der Waals surface area contributed by atoms with Crippen LogP contribution in [0.5, 0.6) is 0 Å². The highest BCUT2D eigenvalue weighted by molar-refractivity contribution is 7.89. The molecule has 0 unspecified atom stereocenters. The monoisotopic (exact) mass is 314 g/mol. The highest BCUT2D eigenvalue weighted by Gasteiger charge is 2.30. The summed E-state index contributed by atoms with van der Waals surface area (Å²) in [5, 5.41) is 10.9. The van der Waals surface area contributed by atoms with Crippen LogP contribution < -0.4 is 4.72 Å². The second-order valence-electron chi connectivity index (χ2n) is 5.00.